The van der Waals surface area contributed by atoms with Crippen LogP contribution in [0.2, 0.25) is 0 Å². The molecule has 0 fully saturated rings. The van der Waals surface area contributed by atoms with Crippen LogP contribution in [0.15, 0.2) is 33.5 Å². The molecular formula is C11H8O5. The lowest BCUT2D eigenvalue weighted by Crippen LogP contribution is -2.02. The first-order valence-electron chi connectivity index (χ1n) is 4.47. The Kier molecular flexibility index (Phi) is 2.36. The van der Waals surface area contributed by atoms with E-state index in [1.54, 1.807) is 0 Å². The molecule has 0 saturated carbocycles. The Morgan fingerprint density at radius 3 is 2.81 bits per heavy atom. The SMILES string of the molecule is COC(=O)c1cc2oc(=O)ccc2cc1O. The fourth-order valence-electron chi connectivity index (χ4n) is 1.38. The number of carbonyl (C=O) groups excluding carboxylic acids is 1. The number of hydrogen-bond acceptors (Lipinski definition) is 5. The van der Waals surface area contributed by atoms with Gasteiger partial charge < -0.3 is 14.3 Å². The first-order chi connectivity index (χ1) is 7.61. The summed E-state index contributed by atoms with van der Waals surface area (Å²) in [5.41, 5.74) is -0.330. The molecule has 1 aromatic carbocycles. The lowest BCUT2D eigenvalue weighted by Gasteiger charge is -2.03. The molecule has 0 bridgehead atoms. The quantitative estimate of drug-likeness (QED) is 0.578. The number of ether oxygens (including phenoxy) is 1. The Labute approximate surface area is 89.9 Å². The van der Waals surface area contributed by atoms with Gasteiger partial charge in [0.15, 0.2) is 0 Å². The lowest BCUT2D eigenvalue weighted by atomic mass is 10.1. The molecule has 2 aromatic rings. The van der Waals surface area contributed by atoms with Crippen LogP contribution in [0.3, 0.4) is 0 Å². The van der Waals surface area contributed by atoms with Crippen molar-refractivity contribution in [1.82, 2.24) is 0 Å². The second-order valence-corrected chi connectivity index (χ2v) is 3.15. The summed E-state index contributed by atoms with van der Waals surface area (Å²) < 4.78 is 9.36. The van der Waals surface area contributed by atoms with Crippen LogP contribution in [0.25, 0.3) is 11.0 Å². The van der Waals surface area contributed by atoms with E-state index in [1.807, 2.05) is 0 Å². The van der Waals surface area contributed by atoms with E-state index in [0.717, 1.165) is 0 Å². The summed E-state index contributed by atoms with van der Waals surface area (Å²) in [6.45, 7) is 0. The van der Waals surface area contributed by atoms with Crippen LogP contribution in [-0.4, -0.2) is 18.2 Å². The molecule has 0 aliphatic heterocycles. The molecule has 0 aliphatic rings. The second-order valence-electron chi connectivity index (χ2n) is 3.15. The number of hydrogen-bond donors (Lipinski definition) is 1. The third kappa shape index (κ3) is 1.63. The van der Waals surface area contributed by atoms with Crippen molar-refractivity contribution >= 4 is 16.9 Å². The first-order valence-corrected chi connectivity index (χ1v) is 4.47. The molecule has 0 radical (unpaired) electrons. The van der Waals surface area contributed by atoms with E-state index in [1.165, 1.54) is 31.4 Å². The van der Waals surface area contributed by atoms with Gasteiger partial charge in [-0.1, -0.05) is 0 Å². The van der Waals surface area contributed by atoms with Crippen molar-refractivity contribution in [2.75, 3.05) is 7.11 Å². The average molecular weight is 220 g/mol. The molecule has 82 valence electrons. The third-order valence-corrected chi connectivity index (χ3v) is 2.14. The molecule has 1 aromatic heterocycles. The maximum atomic E-state index is 11.3. The minimum atomic E-state index is -0.689. The number of fused-ring (bicyclic) bond motifs is 1. The summed E-state index contributed by atoms with van der Waals surface area (Å²) in [4.78, 5) is 22.2. The van der Waals surface area contributed by atoms with Crippen molar-refractivity contribution in [2.24, 2.45) is 0 Å². The van der Waals surface area contributed by atoms with E-state index in [-0.39, 0.29) is 16.9 Å². The number of rotatable bonds is 1. The van der Waals surface area contributed by atoms with Gasteiger partial charge >= 0.3 is 11.6 Å². The van der Waals surface area contributed by atoms with Crippen LogP contribution < -0.4 is 5.63 Å². The van der Waals surface area contributed by atoms with Gasteiger partial charge in [-0.2, -0.15) is 0 Å². The van der Waals surface area contributed by atoms with Crippen molar-refractivity contribution in [2.45, 2.75) is 0 Å². The van der Waals surface area contributed by atoms with Gasteiger partial charge in [0.2, 0.25) is 0 Å². The monoisotopic (exact) mass is 220 g/mol. The summed E-state index contributed by atoms with van der Waals surface area (Å²) in [6, 6.07) is 5.35. The van der Waals surface area contributed by atoms with E-state index in [0.29, 0.717) is 5.39 Å². The number of aromatic hydroxyl groups is 1. The Morgan fingerprint density at radius 2 is 2.12 bits per heavy atom. The Morgan fingerprint density at radius 1 is 1.38 bits per heavy atom. The maximum absolute atomic E-state index is 11.3. The maximum Gasteiger partial charge on any atom is 0.341 e. The van der Waals surface area contributed by atoms with Crippen LogP contribution in [0.1, 0.15) is 10.4 Å². The van der Waals surface area contributed by atoms with E-state index in [9.17, 15) is 14.7 Å². The zero-order valence-electron chi connectivity index (χ0n) is 8.39. The molecular weight excluding hydrogens is 212 g/mol. The summed E-state index contributed by atoms with van der Waals surface area (Å²) in [5, 5.41) is 10.1. The van der Waals surface area contributed by atoms with E-state index in [4.69, 9.17) is 4.42 Å². The molecule has 5 heteroatoms. The number of carbonyl (C=O) groups is 1. The average Bonchev–Trinajstić information content (AvgIpc) is 2.28. The molecule has 0 spiro atoms. The van der Waals surface area contributed by atoms with Crippen molar-refractivity contribution in [3.05, 3.63) is 40.2 Å². The molecule has 1 heterocycles. The summed E-state index contributed by atoms with van der Waals surface area (Å²) in [7, 11) is 1.20. The van der Waals surface area contributed by atoms with Crippen molar-refractivity contribution in [1.29, 1.82) is 0 Å². The number of esters is 1. The van der Waals surface area contributed by atoms with Crippen molar-refractivity contribution in [3.8, 4) is 5.75 Å². The highest BCUT2D eigenvalue weighted by Crippen LogP contribution is 2.24. The van der Waals surface area contributed by atoms with Crippen LogP contribution in [-0.2, 0) is 4.74 Å². The van der Waals surface area contributed by atoms with E-state index < -0.39 is 11.6 Å². The van der Waals surface area contributed by atoms with Gasteiger partial charge in [0.25, 0.3) is 0 Å². The van der Waals surface area contributed by atoms with Gasteiger partial charge in [0.05, 0.1) is 7.11 Å². The smallest absolute Gasteiger partial charge is 0.341 e. The molecule has 0 atom stereocenters. The summed E-state index contributed by atoms with van der Waals surface area (Å²) in [5.74, 6) is -0.904. The molecule has 0 saturated heterocycles. The zero-order chi connectivity index (χ0) is 11.7. The van der Waals surface area contributed by atoms with E-state index >= 15 is 0 Å². The molecule has 1 N–H and O–H groups in total. The van der Waals surface area contributed by atoms with Crippen LogP contribution in [0, 0.1) is 0 Å². The lowest BCUT2D eigenvalue weighted by molar-refractivity contribution is 0.0597. The fraction of sp³-hybridized carbons (Fsp3) is 0.0909. The van der Waals surface area contributed by atoms with Gasteiger partial charge in [-0.3, -0.25) is 0 Å². The van der Waals surface area contributed by atoms with Gasteiger partial charge in [-0.15, -0.1) is 0 Å². The van der Waals surface area contributed by atoms with Gasteiger partial charge in [0.1, 0.15) is 16.9 Å². The largest absolute Gasteiger partial charge is 0.507 e. The predicted octanol–water partition coefficient (Wildman–Crippen LogP) is 1.29. The molecule has 0 aliphatic carbocycles. The standard InChI is InChI=1S/C11H8O5/c1-15-11(14)7-5-9-6(4-8(7)12)2-3-10(13)16-9/h2-5,12H,1H3. The number of phenols is 1. The minimum absolute atomic E-state index is 0.0376. The Bertz CT molecular complexity index is 611. The van der Waals surface area contributed by atoms with Crippen LogP contribution in [0.4, 0.5) is 0 Å². The summed E-state index contributed by atoms with van der Waals surface area (Å²) in [6.07, 6.45) is 0. The zero-order valence-corrected chi connectivity index (χ0v) is 8.39. The third-order valence-electron chi connectivity index (χ3n) is 2.14. The summed E-state index contributed by atoms with van der Waals surface area (Å²) >= 11 is 0. The van der Waals surface area contributed by atoms with Gasteiger partial charge in [-0.25, -0.2) is 9.59 Å². The fourth-order valence-corrected chi connectivity index (χ4v) is 1.38. The molecule has 0 unspecified atom stereocenters. The molecule has 5 nitrogen and oxygen atoms in total. The molecule has 2 rings (SSSR count). The highest BCUT2D eigenvalue weighted by molar-refractivity contribution is 5.96. The van der Waals surface area contributed by atoms with Crippen molar-refractivity contribution in [3.63, 3.8) is 0 Å². The number of methoxy groups -OCH3 is 1. The Balaban J connectivity index is 2.73. The predicted molar refractivity (Wildman–Crippen MR) is 55.5 cm³/mol. The highest BCUT2D eigenvalue weighted by Gasteiger charge is 2.13. The highest BCUT2D eigenvalue weighted by atomic mass is 16.5. The molecule has 0 amide bonds. The van der Waals surface area contributed by atoms with Gasteiger partial charge in [0, 0.05) is 11.5 Å². The van der Waals surface area contributed by atoms with E-state index in [2.05, 4.69) is 4.74 Å². The Hall–Kier alpha value is -2.30. The molecule has 16 heavy (non-hydrogen) atoms. The first kappa shape index (κ1) is 10.2. The normalized spacial score (nSPS) is 10.3. The topological polar surface area (TPSA) is 76.7 Å². The number of benzene rings is 1. The number of phenolic OH excluding ortho intramolecular Hbond substituents is 1. The van der Waals surface area contributed by atoms with Crippen LogP contribution >= 0.6 is 0 Å². The minimum Gasteiger partial charge on any atom is -0.507 e. The van der Waals surface area contributed by atoms with Gasteiger partial charge in [-0.05, 0) is 18.2 Å². The van der Waals surface area contributed by atoms with Crippen LogP contribution in [0.5, 0.6) is 5.75 Å². The second kappa shape index (κ2) is 3.69. The van der Waals surface area contributed by atoms with Crippen molar-refractivity contribution < 1.29 is 19.1 Å².